The number of aliphatic hydroxyl groups excluding tert-OH is 1. The summed E-state index contributed by atoms with van der Waals surface area (Å²) in [5.41, 5.74) is 1.64. The number of halogens is 2. The molecule has 0 aromatic heterocycles. The Morgan fingerprint density at radius 2 is 1.80 bits per heavy atom. The summed E-state index contributed by atoms with van der Waals surface area (Å²) in [4.78, 5) is 37.6. The molecule has 1 N–H and O–H groups in total. The maximum absolute atomic E-state index is 12.8. The summed E-state index contributed by atoms with van der Waals surface area (Å²) >= 11 is 12.3. The molecule has 0 radical (unpaired) electrons. The Morgan fingerprint density at radius 3 is 2.40 bits per heavy atom. The average molecular weight is 447 g/mol. The number of benzene rings is 2. The number of likely N-dealkylation sites (tertiary alicyclic amines) is 1. The van der Waals surface area contributed by atoms with Crippen LogP contribution in [0.1, 0.15) is 35.6 Å². The summed E-state index contributed by atoms with van der Waals surface area (Å²) in [5, 5.41) is 22.3. The highest BCUT2D eigenvalue weighted by Gasteiger charge is 2.46. The number of hydrogen-bond donors (Lipinski definition) is 1. The van der Waals surface area contributed by atoms with Crippen LogP contribution in [0.15, 0.2) is 48.0 Å². The van der Waals surface area contributed by atoms with Gasteiger partial charge in [0.2, 0.25) is 0 Å². The van der Waals surface area contributed by atoms with Crippen LogP contribution in [-0.2, 0) is 14.4 Å². The Hall–Kier alpha value is -2.83. The van der Waals surface area contributed by atoms with Crippen LogP contribution in [-0.4, -0.2) is 34.2 Å². The molecular formula is C22H18Cl2NO5-. The fraction of sp³-hybridized carbons (Fsp3) is 0.227. The van der Waals surface area contributed by atoms with Crippen LogP contribution in [0.25, 0.3) is 5.76 Å². The fourth-order valence-corrected chi connectivity index (χ4v) is 3.93. The van der Waals surface area contributed by atoms with Crippen molar-refractivity contribution in [1.29, 1.82) is 0 Å². The number of Topliss-reactive ketones (excluding diaryl/α,β-unsaturated/α-hetero) is 1. The first-order chi connectivity index (χ1) is 14.2. The number of carbonyl (C=O) groups excluding carboxylic acids is 3. The molecule has 0 saturated carbocycles. The van der Waals surface area contributed by atoms with E-state index < -0.39 is 23.7 Å². The monoisotopic (exact) mass is 446 g/mol. The molecular weight excluding hydrogens is 429 g/mol. The Kier molecular flexibility index (Phi) is 6.48. The van der Waals surface area contributed by atoms with Gasteiger partial charge in [0.1, 0.15) is 5.76 Å². The van der Waals surface area contributed by atoms with Gasteiger partial charge in [-0.1, -0.05) is 59.1 Å². The lowest BCUT2D eigenvalue weighted by Gasteiger charge is -2.26. The number of rotatable bonds is 6. The molecule has 1 heterocycles. The SMILES string of the molecule is Cc1ccc(C(O)=C2C(=O)C(=O)N(CCCC(=O)[O-])[C@@H]2c2ccc(Cl)cc2Cl)cc1. The molecule has 0 spiro atoms. The Bertz CT molecular complexity index is 1050. The second kappa shape index (κ2) is 8.90. The highest BCUT2D eigenvalue weighted by molar-refractivity contribution is 6.47. The zero-order chi connectivity index (χ0) is 22.0. The minimum atomic E-state index is -1.26. The summed E-state index contributed by atoms with van der Waals surface area (Å²) in [6, 6.07) is 10.5. The van der Waals surface area contributed by atoms with Crippen molar-refractivity contribution in [1.82, 2.24) is 4.90 Å². The fourth-order valence-electron chi connectivity index (χ4n) is 3.42. The molecule has 1 saturated heterocycles. The second-order valence-corrected chi connectivity index (χ2v) is 7.84. The van der Waals surface area contributed by atoms with Crippen molar-refractivity contribution in [2.45, 2.75) is 25.8 Å². The summed E-state index contributed by atoms with van der Waals surface area (Å²) in [6.45, 7) is 1.86. The first-order valence-corrected chi connectivity index (χ1v) is 9.96. The molecule has 156 valence electrons. The van der Waals surface area contributed by atoms with Crippen molar-refractivity contribution in [2.75, 3.05) is 6.54 Å². The van der Waals surface area contributed by atoms with E-state index in [4.69, 9.17) is 23.2 Å². The molecule has 1 atom stereocenters. The van der Waals surface area contributed by atoms with Gasteiger partial charge in [0.25, 0.3) is 11.7 Å². The lowest BCUT2D eigenvalue weighted by Crippen LogP contribution is -2.32. The largest absolute Gasteiger partial charge is 0.550 e. The van der Waals surface area contributed by atoms with Crippen molar-refractivity contribution in [3.63, 3.8) is 0 Å². The average Bonchev–Trinajstić information content (AvgIpc) is 2.93. The van der Waals surface area contributed by atoms with Gasteiger partial charge < -0.3 is 19.9 Å². The van der Waals surface area contributed by atoms with Gasteiger partial charge in [-0.3, -0.25) is 9.59 Å². The first-order valence-electron chi connectivity index (χ1n) is 9.21. The summed E-state index contributed by atoms with van der Waals surface area (Å²) in [6.07, 6.45) is -0.191. The zero-order valence-corrected chi connectivity index (χ0v) is 17.5. The number of carbonyl (C=O) groups is 3. The number of aliphatic carboxylic acids is 1. The van der Waals surface area contributed by atoms with E-state index in [1.165, 1.54) is 11.0 Å². The Balaban J connectivity index is 2.14. The number of ketones is 1. The highest BCUT2D eigenvalue weighted by Crippen LogP contribution is 2.42. The summed E-state index contributed by atoms with van der Waals surface area (Å²) in [5.74, 6) is -3.28. The maximum Gasteiger partial charge on any atom is 0.295 e. The van der Waals surface area contributed by atoms with Gasteiger partial charge in [0.05, 0.1) is 11.6 Å². The third-order valence-corrected chi connectivity index (χ3v) is 5.46. The minimum Gasteiger partial charge on any atom is -0.550 e. The molecule has 1 fully saturated rings. The van der Waals surface area contributed by atoms with Gasteiger partial charge in [-0.05, 0) is 37.5 Å². The first kappa shape index (κ1) is 21.9. The van der Waals surface area contributed by atoms with Gasteiger partial charge in [0.15, 0.2) is 0 Å². The van der Waals surface area contributed by atoms with E-state index in [0.717, 1.165) is 5.56 Å². The predicted molar refractivity (Wildman–Crippen MR) is 111 cm³/mol. The van der Waals surface area contributed by atoms with E-state index in [-0.39, 0.29) is 35.7 Å². The Morgan fingerprint density at radius 1 is 1.13 bits per heavy atom. The smallest absolute Gasteiger partial charge is 0.295 e. The lowest BCUT2D eigenvalue weighted by molar-refractivity contribution is -0.305. The van der Waals surface area contributed by atoms with Gasteiger partial charge in [0, 0.05) is 28.1 Å². The molecule has 1 aliphatic rings. The van der Waals surface area contributed by atoms with Crippen LogP contribution in [0.4, 0.5) is 0 Å². The van der Waals surface area contributed by atoms with E-state index in [0.29, 0.717) is 16.1 Å². The van der Waals surface area contributed by atoms with Crippen LogP contribution in [0, 0.1) is 6.92 Å². The topological polar surface area (TPSA) is 97.7 Å². The van der Waals surface area contributed by atoms with Crippen LogP contribution < -0.4 is 5.11 Å². The lowest BCUT2D eigenvalue weighted by atomic mass is 9.95. The Labute approximate surface area is 183 Å². The minimum absolute atomic E-state index is 0.0210. The van der Waals surface area contributed by atoms with E-state index in [2.05, 4.69) is 0 Å². The number of amides is 1. The molecule has 2 aromatic rings. The molecule has 1 amide bonds. The van der Waals surface area contributed by atoms with Crippen LogP contribution in [0.2, 0.25) is 10.0 Å². The number of carboxylic acids is 1. The van der Waals surface area contributed by atoms with Crippen LogP contribution in [0.3, 0.4) is 0 Å². The van der Waals surface area contributed by atoms with Crippen molar-refractivity contribution in [3.8, 4) is 0 Å². The molecule has 1 aliphatic heterocycles. The van der Waals surface area contributed by atoms with Gasteiger partial charge in [-0.2, -0.15) is 0 Å². The van der Waals surface area contributed by atoms with E-state index in [9.17, 15) is 24.6 Å². The molecule has 6 nitrogen and oxygen atoms in total. The van der Waals surface area contributed by atoms with Gasteiger partial charge >= 0.3 is 0 Å². The van der Waals surface area contributed by atoms with Crippen molar-refractivity contribution in [2.24, 2.45) is 0 Å². The normalized spacial score (nSPS) is 18.1. The molecule has 0 aliphatic carbocycles. The standard InChI is InChI=1S/C22H19Cl2NO5/c1-12-4-6-13(7-5-12)20(28)18-19(15-9-8-14(23)11-16(15)24)25(22(30)21(18)29)10-2-3-17(26)27/h4-9,11,19,28H,2-3,10H2,1H3,(H,26,27)/p-1/t19-/m1/s1. The maximum atomic E-state index is 12.8. The highest BCUT2D eigenvalue weighted by atomic mass is 35.5. The van der Waals surface area contributed by atoms with Crippen molar-refractivity contribution >= 4 is 46.6 Å². The molecule has 8 heteroatoms. The quantitative estimate of drug-likeness (QED) is 0.417. The number of aryl methyl sites for hydroxylation is 1. The molecule has 30 heavy (non-hydrogen) atoms. The van der Waals surface area contributed by atoms with Crippen molar-refractivity contribution < 1.29 is 24.6 Å². The second-order valence-electron chi connectivity index (χ2n) is 7.00. The summed E-state index contributed by atoms with van der Waals surface area (Å²) in [7, 11) is 0. The van der Waals surface area contributed by atoms with Gasteiger partial charge in [-0.25, -0.2) is 0 Å². The van der Waals surface area contributed by atoms with Gasteiger partial charge in [-0.15, -0.1) is 0 Å². The third-order valence-electron chi connectivity index (χ3n) is 4.90. The number of nitrogens with zero attached hydrogens (tertiary/aromatic N) is 1. The third kappa shape index (κ3) is 4.35. The number of hydrogen-bond acceptors (Lipinski definition) is 5. The number of aliphatic hydroxyl groups is 1. The van der Waals surface area contributed by atoms with Crippen LogP contribution in [0.5, 0.6) is 0 Å². The molecule has 0 unspecified atom stereocenters. The summed E-state index contributed by atoms with van der Waals surface area (Å²) < 4.78 is 0. The van der Waals surface area contributed by atoms with E-state index in [1.807, 2.05) is 6.92 Å². The molecule has 0 bridgehead atoms. The van der Waals surface area contributed by atoms with E-state index in [1.54, 1.807) is 36.4 Å². The molecule has 3 rings (SSSR count). The van der Waals surface area contributed by atoms with E-state index >= 15 is 0 Å². The predicted octanol–water partition coefficient (Wildman–Crippen LogP) is 3.25. The zero-order valence-electron chi connectivity index (χ0n) is 16.0. The molecule has 2 aromatic carbocycles. The number of carboxylic acid groups (broad SMARTS) is 1. The van der Waals surface area contributed by atoms with Crippen LogP contribution >= 0.6 is 23.2 Å². The van der Waals surface area contributed by atoms with Crippen molar-refractivity contribution in [3.05, 3.63) is 74.8 Å².